The molecule has 0 spiro atoms. The normalized spacial score (nSPS) is 12.0. The Morgan fingerprint density at radius 2 is 2.12 bits per heavy atom. The highest BCUT2D eigenvalue weighted by Crippen LogP contribution is 2.28. The Bertz CT molecular complexity index is 368. The van der Waals surface area contributed by atoms with E-state index in [4.69, 9.17) is 4.74 Å². The van der Waals surface area contributed by atoms with Crippen LogP contribution in [-0.4, -0.2) is 19.2 Å². The van der Waals surface area contributed by atoms with Crippen LogP contribution >= 0.6 is 15.9 Å². The molecule has 1 aromatic rings. The summed E-state index contributed by atoms with van der Waals surface area (Å²) in [6.45, 7) is 4.04. The Hall–Kier alpha value is -1.03. The zero-order valence-electron chi connectivity index (χ0n) is 9.74. The quantitative estimate of drug-likeness (QED) is 0.845. The van der Waals surface area contributed by atoms with Gasteiger partial charge in [-0.2, -0.15) is 0 Å². The SMILES string of the molecule is CCC(C)N(C(=O)OC)c1ccccc1Br. The van der Waals surface area contributed by atoms with Crippen molar-refractivity contribution in [1.82, 2.24) is 0 Å². The van der Waals surface area contributed by atoms with Crippen molar-refractivity contribution in [1.29, 1.82) is 0 Å². The van der Waals surface area contributed by atoms with E-state index in [1.54, 1.807) is 4.90 Å². The van der Waals surface area contributed by atoms with Crippen molar-refractivity contribution >= 4 is 27.7 Å². The van der Waals surface area contributed by atoms with Gasteiger partial charge in [-0.15, -0.1) is 0 Å². The summed E-state index contributed by atoms with van der Waals surface area (Å²) >= 11 is 3.44. The van der Waals surface area contributed by atoms with E-state index in [2.05, 4.69) is 15.9 Å². The minimum Gasteiger partial charge on any atom is -0.452 e. The summed E-state index contributed by atoms with van der Waals surface area (Å²) in [6, 6.07) is 7.73. The predicted molar refractivity (Wildman–Crippen MR) is 68.8 cm³/mol. The Kier molecular flexibility index (Phi) is 4.80. The van der Waals surface area contributed by atoms with Gasteiger partial charge in [-0.05, 0) is 41.4 Å². The summed E-state index contributed by atoms with van der Waals surface area (Å²) in [5.74, 6) is 0. The molecule has 0 aliphatic heterocycles. The van der Waals surface area contributed by atoms with Crippen molar-refractivity contribution in [3.05, 3.63) is 28.7 Å². The number of amides is 1. The van der Waals surface area contributed by atoms with E-state index in [-0.39, 0.29) is 12.1 Å². The van der Waals surface area contributed by atoms with Crippen molar-refractivity contribution in [2.75, 3.05) is 12.0 Å². The number of anilines is 1. The number of hydrogen-bond donors (Lipinski definition) is 0. The van der Waals surface area contributed by atoms with Gasteiger partial charge in [0, 0.05) is 10.5 Å². The molecule has 3 nitrogen and oxygen atoms in total. The summed E-state index contributed by atoms with van der Waals surface area (Å²) in [6.07, 6.45) is 0.539. The van der Waals surface area contributed by atoms with Gasteiger partial charge >= 0.3 is 6.09 Å². The smallest absolute Gasteiger partial charge is 0.414 e. The topological polar surface area (TPSA) is 29.5 Å². The third-order valence-corrected chi connectivity index (χ3v) is 3.19. The highest BCUT2D eigenvalue weighted by Gasteiger charge is 2.22. The molecule has 0 fully saturated rings. The maximum absolute atomic E-state index is 11.7. The number of halogens is 1. The molecule has 16 heavy (non-hydrogen) atoms. The first kappa shape index (κ1) is 13.0. The fourth-order valence-corrected chi connectivity index (χ4v) is 1.92. The minimum absolute atomic E-state index is 0.103. The third-order valence-electron chi connectivity index (χ3n) is 2.51. The molecule has 1 unspecified atom stereocenters. The van der Waals surface area contributed by atoms with E-state index in [1.807, 2.05) is 38.1 Å². The average Bonchev–Trinajstić information content (AvgIpc) is 2.31. The van der Waals surface area contributed by atoms with Gasteiger partial charge in [0.25, 0.3) is 0 Å². The van der Waals surface area contributed by atoms with E-state index < -0.39 is 0 Å². The van der Waals surface area contributed by atoms with Gasteiger partial charge in [0.15, 0.2) is 0 Å². The summed E-state index contributed by atoms with van der Waals surface area (Å²) in [4.78, 5) is 13.4. The predicted octanol–water partition coefficient (Wildman–Crippen LogP) is 3.82. The Balaban J connectivity index is 3.11. The van der Waals surface area contributed by atoms with Crippen LogP contribution < -0.4 is 4.90 Å². The third kappa shape index (κ3) is 2.76. The molecule has 0 heterocycles. The van der Waals surface area contributed by atoms with Gasteiger partial charge in [0.1, 0.15) is 0 Å². The number of ether oxygens (including phenoxy) is 1. The second kappa shape index (κ2) is 5.89. The van der Waals surface area contributed by atoms with Crippen LogP contribution in [0.4, 0.5) is 10.5 Å². The molecule has 0 saturated heterocycles. The number of hydrogen-bond acceptors (Lipinski definition) is 2. The van der Waals surface area contributed by atoms with Crippen LogP contribution in [0.2, 0.25) is 0 Å². The van der Waals surface area contributed by atoms with Crippen LogP contribution in [-0.2, 0) is 4.74 Å². The standard InChI is InChI=1S/C12H16BrNO2/c1-4-9(2)14(12(15)16-3)11-8-6-5-7-10(11)13/h5-9H,4H2,1-3H3. The maximum Gasteiger partial charge on any atom is 0.414 e. The largest absolute Gasteiger partial charge is 0.452 e. The number of nitrogens with zero attached hydrogens (tertiary/aromatic N) is 1. The molecular formula is C12H16BrNO2. The van der Waals surface area contributed by atoms with Crippen LogP contribution in [0.1, 0.15) is 20.3 Å². The van der Waals surface area contributed by atoms with Crippen molar-refractivity contribution in [2.45, 2.75) is 26.3 Å². The van der Waals surface area contributed by atoms with Crippen LogP contribution in [0.25, 0.3) is 0 Å². The number of carbonyl (C=O) groups excluding carboxylic acids is 1. The van der Waals surface area contributed by atoms with Crippen molar-refractivity contribution in [3.8, 4) is 0 Å². The van der Waals surface area contributed by atoms with E-state index in [0.29, 0.717) is 0 Å². The van der Waals surface area contributed by atoms with Crippen LogP contribution in [0.5, 0.6) is 0 Å². The molecule has 1 aromatic carbocycles. The lowest BCUT2D eigenvalue weighted by Gasteiger charge is -2.27. The molecule has 0 radical (unpaired) electrons. The van der Waals surface area contributed by atoms with Gasteiger partial charge in [-0.25, -0.2) is 4.79 Å². The highest BCUT2D eigenvalue weighted by atomic mass is 79.9. The molecule has 0 aliphatic rings. The molecule has 0 aromatic heterocycles. The van der Waals surface area contributed by atoms with Crippen molar-refractivity contribution < 1.29 is 9.53 Å². The Labute approximate surface area is 105 Å². The molecule has 0 saturated carbocycles. The lowest BCUT2D eigenvalue weighted by molar-refractivity contribution is 0.176. The molecule has 4 heteroatoms. The molecule has 0 bridgehead atoms. The summed E-state index contributed by atoms with van der Waals surface area (Å²) < 4.78 is 5.70. The number of carbonyl (C=O) groups is 1. The van der Waals surface area contributed by atoms with E-state index >= 15 is 0 Å². The van der Waals surface area contributed by atoms with Gasteiger partial charge in [-0.1, -0.05) is 19.1 Å². The zero-order chi connectivity index (χ0) is 12.1. The van der Waals surface area contributed by atoms with Crippen LogP contribution in [0, 0.1) is 0 Å². The number of para-hydroxylation sites is 1. The van der Waals surface area contributed by atoms with Gasteiger partial charge in [0.05, 0.1) is 12.8 Å². The first-order valence-corrected chi connectivity index (χ1v) is 6.02. The van der Waals surface area contributed by atoms with Crippen LogP contribution in [0.15, 0.2) is 28.7 Å². The first-order chi connectivity index (χ1) is 7.61. The van der Waals surface area contributed by atoms with E-state index in [1.165, 1.54) is 7.11 Å². The van der Waals surface area contributed by atoms with Gasteiger partial charge < -0.3 is 4.74 Å². The van der Waals surface area contributed by atoms with Gasteiger partial charge in [-0.3, -0.25) is 4.90 Å². The van der Waals surface area contributed by atoms with Gasteiger partial charge in [0.2, 0.25) is 0 Å². The fourth-order valence-electron chi connectivity index (χ4n) is 1.44. The summed E-state index contributed by atoms with van der Waals surface area (Å²) in [7, 11) is 1.40. The van der Waals surface area contributed by atoms with Crippen molar-refractivity contribution in [3.63, 3.8) is 0 Å². The number of rotatable bonds is 3. The highest BCUT2D eigenvalue weighted by molar-refractivity contribution is 9.10. The minimum atomic E-state index is -0.332. The fraction of sp³-hybridized carbons (Fsp3) is 0.417. The maximum atomic E-state index is 11.7. The second-order valence-electron chi connectivity index (χ2n) is 3.55. The zero-order valence-corrected chi connectivity index (χ0v) is 11.3. The van der Waals surface area contributed by atoms with E-state index in [0.717, 1.165) is 16.6 Å². The molecule has 1 amide bonds. The molecule has 88 valence electrons. The van der Waals surface area contributed by atoms with E-state index in [9.17, 15) is 4.79 Å². The lowest BCUT2D eigenvalue weighted by atomic mass is 10.2. The van der Waals surface area contributed by atoms with Crippen LogP contribution in [0.3, 0.4) is 0 Å². The second-order valence-corrected chi connectivity index (χ2v) is 4.40. The summed E-state index contributed by atoms with van der Waals surface area (Å²) in [5, 5.41) is 0. The summed E-state index contributed by atoms with van der Waals surface area (Å²) in [5.41, 5.74) is 0.837. The molecular weight excluding hydrogens is 270 g/mol. The first-order valence-electron chi connectivity index (χ1n) is 5.23. The van der Waals surface area contributed by atoms with Crippen molar-refractivity contribution in [2.24, 2.45) is 0 Å². The number of benzene rings is 1. The lowest BCUT2D eigenvalue weighted by Crippen LogP contribution is -2.38. The molecule has 0 N–H and O–H groups in total. The molecule has 0 aliphatic carbocycles. The Morgan fingerprint density at radius 1 is 1.50 bits per heavy atom. The monoisotopic (exact) mass is 285 g/mol. The average molecular weight is 286 g/mol. The Morgan fingerprint density at radius 3 is 2.62 bits per heavy atom. The number of methoxy groups -OCH3 is 1. The molecule has 1 rings (SSSR count). The molecule has 1 atom stereocenters.